The molecule has 250 valence electrons. The first-order valence-electron chi connectivity index (χ1n) is 15.9. The summed E-state index contributed by atoms with van der Waals surface area (Å²) in [6, 6.07) is 43.3. The Labute approximate surface area is 295 Å². The molecular weight excluding hydrogens is 702 g/mol. The molecule has 3 atom stereocenters. The van der Waals surface area contributed by atoms with E-state index in [1.807, 2.05) is 78.9 Å². The predicted octanol–water partition coefficient (Wildman–Crippen LogP) is 7.67. The van der Waals surface area contributed by atoms with Crippen LogP contribution in [0.5, 0.6) is 0 Å². The summed E-state index contributed by atoms with van der Waals surface area (Å²) in [5.74, 6) is -0.163. The average Bonchev–Trinajstić information content (AvgIpc) is 3.13. The summed E-state index contributed by atoms with van der Waals surface area (Å²) in [6.45, 7) is 4.79. The molecule has 6 rings (SSSR count). The van der Waals surface area contributed by atoms with Crippen molar-refractivity contribution in [2.45, 2.75) is 28.5 Å². The largest absolute Gasteiger partial charge is 0.359 e. The smallest absolute Gasteiger partial charge is 0.289 e. The van der Waals surface area contributed by atoms with Gasteiger partial charge in [-0.25, -0.2) is 13.1 Å². The lowest BCUT2D eigenvalue weighted by molar-refractivity contribution is -0.387. The standard InChI is InChI=1S/C39H36BrN3O5S/c1-2-26-42-35(27-41-49(46,47)37-25-15-14-24-34(37)43(44)45)38(32-22-12-13-23-33(32)40)36(42)28-48-39(29-16-6-3-7-17-29,30-18-8-4-9-19-30)31-20-10-5-11-21-31/h2-25,35-36,38,41H,1,26-28H2/t35-,36+,38+/m0/s1. The van der Waals surface area contributed by atoms with Crippen molar-refractivity contribution in [2.24, 2.45) is 0 Å². The normalized spacial score (nSPS) is 18.0. The van der Waals surface area contributed by atoms with Gasteiger partial charge in [0.15, 0.2) is 4.90 Å². The lowest BCUT2D eigenvalue weighted by atomic mass is 9.74. The van der Waals surface area contributed by atoms with Gasteiger partial charge < -0.3 is 4.74 Å². The number of nitro groups is 1. The van der Waals surface area contributed by atoms with E-state index in [4.69, 9.17) is 4.74 Å². The number of benzene rings is 5. The maximum Gasteiger partial charge on any atom is 0.289 e. The Morgan fingerprint density at radius 2 is 1.31 bits per heavy atom. The molecule has 10 heteroatoms. The summed E-state index contributed by atoms with van der Waals surface area (Å²) in [5, 5.41) is 11.7. The van der Waals surface area contributed by atoms with Gasteiger partial charge in [0.05, 0.1) is 11.5 Å². The second-order valence-corrected chi connectivity index (χ2v) is 14.4. The van der Waals surface area contributed by atoms with Crippen LogP contribution in [0.3, 0.4) is 0 Å². The van der Waals surface area contributed by atoms with Gasteiger partial charge in [0.25, 0.3) is 5.69 Å². The van der Waals surface area contributed by atoms with Crippen LogP contribution in [-0.4, -0.2) is 50.0 Å². The molecule has 1 saturated heterocycles. The van der Waals surface area contributed by atoms with E-state index in [1.165, 1.54) is 24.3 Å². The van der Waals surface area contributed by atoms with Crippen molar-refractivity contribution in [2.75, 3.05) is 19.7 Å². The lowest BCUT2D eigenvalue weighted by Gasteiger charge is -2.56. The third-order valence-corrected chi connectivity index (χ3v) is 11.3. The topological polar surface area (TPSA) is 102 Å². The van der Waals surface area contributed by atoms with Gasteiger partial charge >= 0.3 is 0 Å². The van der Waals surface area contributed by atoms with Crippen LogP contribution in [0.25, 0.3) is 0 Å². The zero-order chi connectivity index (χ0) is 34.4. The number of hydrogen-bond acceptors (Lipinski definition) is 6. The van der Waals surface area contributed by atoms with Gasteiger partial charge in [0.1, 0.15) is 5.60 Å². The van der Waals surface area contributed by atoms with E-state index in [0.717, 1.165) is 26.7 Å². The summed E-state index contributed by atoms with van der Waals surface area (Å²) in [5.41, 5.74) is 2.53. The van der Waals surface area contributed by atoms with Crippen molar-refractivity contribution in [3.8, 4) is 0 Å². The van der Waals surface area contributed by atoms with E-state index in [-0.39, 0.29) is 29.4 Å². The Balaban J connectivity index is 1.39. The van der Waals surface area contributed by atoms with E-state index >= 15 is 0 Å². The van der Waals surface area contributed by atoms with Crippen LogP contribution in [-0.2, 0) is 20.4 Å². The average molecular weight is 739 g/mol. The number of likely N-dealkylation sites (tertiary alicyclic amines) is 1. The number of ether oxygens (including phenoxy) is 1. The number of para-hydroxylation sites is 1. The molecule has 5 aromatic rings. The van der Waals surface area contributed by atoms with Crippen molar-refractivity contribution in [3.63, 3.8) is 0 Å². The van der Waals surface area contributed by atoms with Gasteiger partial charge in [-0.2, -0.15) is 0 Å². The fourth-order valence-corrected chi connectivity index (χ4v) is 8.69. The third-order valence-electron chi connectivity index (χ3n) is 9.13. The van der Waals surface area contributed by atoms with Crippen LogP contribution in [0.15, 0.2) is 162 Å². The summed E-state index contributed by atoms with van der Waals surface area (Å²) in [4.78, 5) is 12.8. The van der Waals surface area contributed by atoms with Crippen molar-refractivity contribution in [3.05, 3.63) is 189 Å². The zero-order valence-corrected chi connectivity index (χ0v) is 29.0. The van der Waals surface area contributed by atoms with Crippen LogP contribution >= 0.6 is 15.9 Å². The number of halogens is 1. The zero-order valence-electron chi connectivity index (χ0n) is 26.6. The second kappa shape index (κ2) is 15.0. The molecule has 1 aliphatic rings. The molecule has 0 bridgehead atoms. The van der Waals surface area contributed by atoms with Crippen LogP contribution in [0.1, 0.15) is 28.2 Å². The van der Waals surface area contributed by atoms with Gasteiger partial charge in [-0.3, -0.25) is 15.0 Å². The highest BCUT2D eigenvalue weighted by atomic mass is 79.9. The van der Waals surface area contributed by atoms with Crippen LogP contribution in [0, 0.1) is 10.1 Å². The fraction of sp³-hybridized carbons (Fsp3) is 0.179. The van der Waals surface area contributed by atoms with Crippen molar-refractivity contribution < 1.29 is 18.1 Å². The Bertz CT molecular complexity index is 1920. The molecule has 49 heavy (non-hydrogen) atoms. The molecule has 0 aromatic heterocycles. The Kier molecular flexibility index (Phi) is 10.5. The van der Waals surface area contributed by atoms with Crippen molar-refractivity contribution >= 4 is 31.6 Å². The highest BCUT2D eigenvalue weighted by Gasteiger charge is 2.51. The first-order valence-corrected chi connectivity index (χ1v) is 18.2. The summed E-state index contributed by atoms with van der Waals surface area (Å²) < 4.78 is 37.8. The van der Waals surface area contributed by atoms with Crippen LogP contribution < -0.4 is 4.72 Å². The first-order chi connectivity index (χ1) is 23.8. The minimum absolute atomic E-state index is 0.0198. The fourth-order valence-electron chi connectivity index (χ4n) is 6.92. The molecule has 8 nitrogen and oxygen atoms in total. The number of nitrogens with one attached hydrogen (secondary N) is 1. The second-order valence-electron chi connectivity index (χ2n) is 11.8. The molecule has 1 N–H and O–H groups in total. The van der Waals surface area contributed by atoms with Gasteiger partial charge in [-0.05, 0) is 34.4 Å². The minimum atomic E-state index is -4.21. The maximum atomic E-state index is 13.5. The van der Waals surface area contributed by atoms with Crippen LogP contribution in [0.4, 0.5) is 5.69 Å². The molecule has 1 aliphatic heterocycles. The number of hydrogen-bond donors (Lipinski definition) is 1. The minimum Gasteiger partial charge on any atom is -0.359 e. The number of nitro benzene ring substituents is 1. The third kappa shape index (κ3) is 6.88. The molecular formula is C39H36BrN3O5S. The van der Waals surface area contributed by atoms with E-state index in [9.17, 15) is 18.5 Å². The molecule has 0 amide bonds. The van der Waals surface area contributed by atoms with E-state index < -0.39 is 26.2 Å². The lowest BCUT2D eigenvalue weighted by Crippen LogP contribution is -2.67. The molecule has 1 heterocycles. The molecule has 0 radical (unpaired) electrons. The van der Waals surface area contributed by atoms with Gasteiger partial charge in [0.2, 0.25) is 10.0 Å². The maximum absolute atomic E-state index is 13.5. The van der Waals surface area contributed by atoms with E-state index in [0.29, 0.717) is 13.2 Å². The summed E-state index contributed by atoms with van der Waals surface area (Å²) in [7, 11) is -4.21. The highest BCUT2D eigenvalue weighted by molar-refractivity contribution is 9.10. The SMILES string of the molecule is C=CCN1[C@H](COC(c2ccccc2)(c2ccccc2)c2ccccc2)[C@H](c2ccccc2Br)[C@@H]1CNS(=O)(=O)c1ccccc1[N+](=O)[O-]. The Morgan fingerprint density at radius 1 is 0.796 bits per heavy atom. The highest BCUT2D eigenvalue weighted by Crippen LogP contribution is 2.46. The molecule has 0 saturated carbocycles. The number of rotatable bonds is 14. The summed E-state index contributed by atoms with van der Waals surface area (Å²) in [6.07, 6.45) is 1.80. The molecule has 0 aliphatic carbocycles. The molecule has 0 spiro atoms. The van der Waals surface area contributed by atoms with E-state index in [2.05, 4.69) is 68.5 Å². The molecule has 0 unspecified atom stereocenters. The quantitative estimate of drug-likeness (QED) is 0.0544. The molecule has 5 aromatic carbocycles. The van der Waals surface area contributed by atoms with Crippen molar-refractivity contribution in [1.29, 1.82) is 0 Å². The van der Waals surface area contributed by atoms with Gasteiger partial charge in [-0.1, -0.05) is 143 Å². The van der Waals surface area contributed by atoms with Gasteiger partial charge in [0, 0.05) is 41.6 Å². The van der Waals surface area contributed by atoms with E-state index in [1.54, 1.807) is 6.08 Å². The molecule has 1 fully saturated rings. The monoisotopic (exact) mass is 737 g/mol. The van der Waals surface area contributed by atoms with Gasteiger partial charge in [-0.15, -0.1) is 6.58 Å². The predicted molar refractivity (Wildman–Crippen MR) is 195 cm³/mol. The van der Waals surface area contributed by atoms with Crippen molar-refractivity contribution in [1.82, 2.24) is 9.62 Å². The number of sulfonamides is 1. The first kappa shape index (κ1) is 34.4. The Morgan fingerprint density at radius 3 is 1.84 bits per heavy atom. The number of nitrogens with zero attached hydrogens (tertiary/aromatic N) is 2. The summed E-state index contributed by atoms with van der Waals surface area (Å²) >= 11 is 3.75. The Hall–Kier alpha value is -4.45. The van der Waals surface area contributed by atoms with Crippen LogP contribution in [0.2, 0.25) is 0 Å².